The number of amides is 3. The molecule has 2 rings (SSSR count). The number of nitrogens with one attached hydrogen (secondary N) is 3. The SMILES string of the molecule is CC(=O)Nc1ccc(NC(=O)C(C)OC(=O)CNC(=O)C2CCCCC2)cc1. The first-order chi connectivity index (χ1) is 13.3. The van der Waals surface area contributed by atoms with E-state index in [0.717, 1.165) is 32.1 Å². The Labute approximate surface area is 164 Å². The molecule has 1 fully saturated rings. The molecule has 1 aliphatic carbocycles. The Morgan fingerprint density at radius 2 is 1.57 bits per heavy atom. The number of hydrogen-bond donors (Lipinski definition) is 3. The third-order valence-corrected chi connectivity index (χ3v) is 4.53. The van der Waals surface area contributed by atoms with Gasteiger partial charge in [-0.25, -0.2) is 0 Å². The average Bonchev–Trinajstić information content (AvgIpc) is 2.67. The van der Waals surface area contributed by atoms with E-state index in [1.807, 2.05) is 0 Å². The van der Waals surface area contributed by atoms with Crippen molar-refractivity contribution in [2.24, 2.45) is 5.92 Å². The maximum atomic E-state index is 12.2. The molecule has 152 valence electrons. The molecule has 1 aliphatic rings. The Morgan fingerprint density at radius 1 is 1.00 bits per heavy atom. The van der Waals surface area contributed by atoms with Gasteiger partial charge in [0.05, 0.1) is 0 Å². The van der Waals surface area contributed by atoms with Crippen molar-refractivity contribution >= 4 is 35.1 Å². The second-order valence-corrected chi connectivity index (χ2v) is 6.93. The molecule has 1 aromatic carbocycles. The van der Waals surface area contributed by atoms with Gasteiger partial charge in [0.2, 0.25) is 11.8 Å². The molecule has 1 aromatic rings. The van der Waals surface area contributed by atoms with Gasteiger partial charge in [0.1, 0.15) is 6.54 Å². The molecule has 3 amide bonds. The standard InChI is InChI=1S/C20H27N3O5/c1-13(19(26)23-17-10-8-16(9-11-17)22-14(2)24)28-18(25)12-21-20(27)15-6-4-3-5-7-15/h8-11,13,15H,3-7,12H2,1-2H3,(H,21,27)(H,22,24)(H,23,26). The predicted molar refractivity (Wildman–Crippen MR) is 105 cm³/mol. The van der Waals surface area contributed by atoms with E-state index < -0.39 is 18.0 Å². The van der Waals surface area contributed by atoms with Crippen molar-refractivity contribution in [2.45, 2.75) is 52.1 Å². The lowest BCUT2D eigenvalue weighted by atomic mass is 9.89. The zero-order chi connectivity index (χ0) is 20.5. The number of anilines is 2. The Bertz CT molecular complexity index is 711. The van der Waals surface area contributed by atoms with Crippen LogP contribution in [-0.4, -0.2) is 36.3 Å². The summed E-state index contributed by atoms with van der Waals surface area (Å²) >= 11 is 0. The molecule has 0 bridgehead atoms. The largest absolute Gasteiger partial charge is 0.451 e. The molecule has 0 heterocycles. The number of carbonyl (C=O) groups is 4. The smallest absolute Gasteiger partial charge is 0.326 e. The van der Waals surface area contributed by atoms with Crippen molar-refractivity contribution in [1.29, 1.82) is 0 Å². The summed E-state index contributed by atoms with van der Waals surface area (Å²) in [4.78, 5) is 47.1. The number of ether oxygens (including phenoxy) is 1. The molecule has 8 heteroatoms. The summed E-state index contributed by atoms with van der Waals surface area (Å²) in [7, 11) is 0. The van der Waals surface area contributed by atoms with Crippen LogP contribution in [0.3, 0.4) is 0 Å². The van der Waals surface area contributed by atoms with Crippen LogP contribution in [0.25, 0.3) is 0 Å². The molecule has 0 aromatic heterocycles. The summed E-state index contributed by atoms with van der Waals surface area (Å²) in [6.45, 7) is 2.61. The van der Waals surface area contributed by atoms with Gasteiger partial charge in [0.15, 0.2) is 6.10 Å². The van der Waals surface area contributed by atoms with Gasteiger partial charge in [0.25, 0.3) is 5.91 Å². The molecular formula is C20H27N3O5. The van der Waals surface area contributed by atoms with Gasteiger partial charge in [-0.1, -0.05) is 19.3 Å². The molecule has 1 atom stereocenters. The van der Waals surface area contributed by atoms with E-state index in [1.165, 1.54) is 13.8 Å². The highest BCUT2D eigenvalue weighted by Gasteiger charge is 2.23. The zero-order valence-corrected chi connectivity index (χ0v) is 16.2. The van der Waals surface area contributed by atoms with Crippen LogP contribution < -0.4 is 16.0 Å². The van der Waals surface area contributed by atoms with Crippen LogP contribution >= 0.6 is 0 Å². The van der Waals surface area contributed by atoms with E-state index in [9.17, 15) is 19.2 Å². The van der Waals surface area contributed by atoms with E-state index in [2.05, 4.69) is 16.0 Å². The summed E-state index contributed by atoms with van der Waals surface area (Å²) in [5.41, 5.74) is 1.12. The highest BCUT2D eigenvalue weighted by atomic mass is 16.5. The molecule has 1 saturated carbocycles. The van der Waals surface area contributed by atoms with Crippen molar-refractivity contribution < 1.29 is 23.9 Å². The average molecular weight is 389 g/mol. The highest BCUT2D eigenvalue weighted by Crippen LogP contribution is 2.23. The second kappa shape index (κ2) is 10.4. The molecule has 0 saturated heterocycles. The summed E-state index contributed by atoms with van der Waals surface area (Å²) in [6, 6.07) is 6.55. The Hall–Kier alpha value is -2.90. The van der Waals surface area contributed by atoms with Crippen LogP contribution in [0.15, 0.2) is 24.3 Å². The topological polar surface area (TPSA) is 114 Å². The number of benzene rings is 1. The van der Waals surface area contributed by atoms with Crippen molar-refractivity contribution in [3.8, 4) is 0 Å². The molecular weight excluding hydrogens is 362 g/mol. The van der Waals surface area contributed by atoms with E-state index in [4.69, 9.17) is 4.74 Å². The quantitative estimate of drug-likeness (QED) is 0.619. The molecule has 28 heavy (non-hydrogen) atoms. The van der Waals surface area contributed by atoms with Gasteiger partial charge >= 0.3 is 5.97 Å². The fraction of sp³-hybridized carbons (Fsp3) is 0.500. The van der Waals surface area contributed by atoms with Crippen LogP contribution in [-0.2, 0) is 23.9 Å². The van der Waals surface area contributed by atoms with E-state index >= 15 is 0 Å². The van der Waals surface area contributed by atoms with Gasteiger partial charge < -0.3 is 20.7 Å². The number of esters is 1. The van der Waals surface area contributed by atoms with Crippen LogP contribution in [0.2, 0.25) is 0 Å². The van der Waals surface area contributed by atoms with E-state index in [0.29, 0.717) is 11.4 Å². The van der Waals surface area contributed by atoms with Gasteiger partial charge in [-0.05, 0) is 44.0 Å². The van der Waals surface area contributed by atoms with Crippen molar-refractivity contribution in [1.82, 2.24) is 5.32 Å². The molecule has 3 N–H and O–H groups in total. The van der Waals surface area contributed by atoms with Crippen molar-refractivity contribution in [3.63, 3.8) is 0 Å². The molecule has 0 aliphatic heterocycles. The molecule has 0 radical (unpaired) electrons. The predicted octanol–water partition coefficient (Wildman–Crippen LogP) is 2.21. The Kier molecular flexibility index (Phi) is 7.98. The van der Waals surface area contributed by atoms with E-state index in [1.54, 1.807) is 24.3 Å². The number of carbonyl (C=O) groups excluding carboxylic acids is 4. The molecule has 0 spiro atoms. The zero-order valence-electron chi connectivity index (χ0n) is 16.2. The minimum absolute atomic E-state index is 0.0391. The normalized spacial score (nSPS) is 15.2. The lowest BCUT2D eigenvalue weighted by molar-refractivity contribution is -0.153. The second-order valence-electron chi connectivity index (χ2n) is 6.93. The van der Waals surface area contributed by atoms with Crippen LogP contribution in [0.5, 0.6) is 0 Å². The third-order valence-electron chi connectivity index (χ3n) is 4.53. The van der Waals surface area contributed by atoms with Crippen LogP contribution in [0.4, 0.5) is 11.4 Å². The first-order valence-electron chi connectivity index (χ1n) is 9.51. The van der Waals surface area contributed by atoms with Crippen molar-refractivity contribution in [2.75, 3.05) is 17.2 Å². The van der Waals surface area contributed by atoms with Crippen molar-refractivity contribution in [3.05, 3.63) is 24.3 Å². The highest BCUT2D eigenvalue weighted by molar-refractivity contribution is 5.96. The van der Waals surface area contributed by atoms with E-state index in [-0.39, 0.29) is 24.3 Å². The number of rotatable bonds is 7. The van der Waals surface area contributed by atoms with Crippen LogP contribution in [0, 0.1) is 5.92 Å². The van der Waals surface area contributed by atoms with Gasteiger partial charge in [0, 0.05) is 24.2 Å². The third kappa shape index (κ3) is 7.02. The fourth-order valence-corrected chi connectivity index (χ4v) is 3.04. The van der Waals surface area contributed by atoms with Gasteiger partial charge in [-0.3, -0.25) is 19.2 Å². The summed E-state index contributed by atoms with van der Waals surface area (Å²) in [5, 5.41) is 7.84. The Balaban J connectivity index is 1.74. The summed E-state index contributed by atoms with van der Waals surface area (Å²) < 4.78 is 5.08. The minimum atomic E-state index is -1.01. The number of hydrogen-bond acceptors (Lipinski definition) is 5. The lowest BCUT2D eigenvalue weighted by Crippen LogP contribution is -2.38. The Morgan fingerprint density at radius 3 is 2.14 bits per heavy atom. The summed E-state index contributed by atoms with van der Waals surface area (Å²) in [5.74, 6) is -1.50. The minimum Gasteiger partial charge on any atom is -0.451 e. The van der Waals surface area contributed by atoms with Gasteiger partial charge in [-0.2, -0.15) is 0 Å². The summed E-state index contributed by atoms with van der Waals surface area (Å²) in [6.07, 6.45) is 3.90. The maximum Gasteiger partial charge on any atom is 0.326 e. The molecule has 8 nitrogen and oxygen atoms in total. The molecule has 1 unspecified atom stereocenters. The lowest BCUT2D eigenvalue weighted by Gasteiger charge is -2.20. The van der Waals surface area contributed by atoms with Gasteiger partial charge in [-0.15, -0.1) is 0 Å². The first kappa shape index (κ1) is 21.4. The van der Waals surface area contributed by atoms with Crippen LogP contribution in [0.1, 0.15) is 46.0 Å². The first-order valence-corrected chi connectivity index (χ1v) is 9.51. The fourth-order valence-electron chi connectivity index (χ4n) is 3.04. The monoisotopic (exact) mass is 389 g/mol. The maximum absolute atomic E-state index is 12.2.